The van der Waals surface area contributed by atoms with Crippen LogP contribution >= 0.6 is 11.8 Å². The standard InChI is InChI=1S/C17H20N4O4S2/c1-4-10-18-15(22)12-26-17-20-19-16(25-17)13-8-7-9-14(11-13)27(23,24)21(5-2)6-3/h1,7-9,11H,5-6,10,12H2,2-3H3,(H,18,22). The summed E-state index contributed by atoms with van der Waals surface area (Å²) >= 11 is 1.07. The van der Waals surface area contributed by atoms with Crippen molar-refractivity contribution in [2.75, 3.05) is 25.4 Å². The largest absolute Gasteiger partial charge is 0.411 e. The first-order valence-corrected chi connectivity index (χ1v) is 10.6. The fraction of sp³-hybridized carbons (Fsp3) is 0.353. The molecule has 0 aliphatic rings. The zero-order valence-electron chi connectivity index (χ0n) is 15.0. The Labute approximate surface area is 162 Å². The van der Waals surface area contributed by atoms with Crippen LogP contribution in [0, 0.1) is 12.3 Å². The van der Waals surface area contributed by atoms with Crippen molar-refractivity contribution < 1.29 is 17.6 Å². The lowest BCUT2D eigenvalue weighted by molar-refractivity contribution is -0.118. The van der Waals surface area contributed by atoms with E-state index in [0.717, 1.165) is 11.8 Å². The van der Waals surface area contributed by atoms with Gasteiger partial charge in [-0.2, -0.15) is 4.31 Å². The molecule has 0 atom stereocenters. The Morgan fingerprint density at radius 1 is 1.33 bits per heavy atom. The van der Waals surface area contributed by atoms with Crippen LogP contribution in [0.4, 0.5) is 0 Å². The van der Waals surface area contributed by atoms with Gasteiger partial charge in [-0.15, -0.1) is 16.6 Å². The first-order valence-electron chi connectivity index (χ1n) is 8.19. The van der Waals surface area contributed by atoms with Gasteiger partial charge in [0.15, 0.2) is 0 Å². The fourth-order valence-electron chi connectivity index (χ4n) is 2.21. The number of amides is 1. The van der Waals surface area contributed by atoms with Crippen molar-refractivity contribution in [1.29, 1.82) is 0 Å². The molecule has 0 bridgehead atoms. The Balaban J connectivity index is 2.15. The molecule has 0 saturated heterocycles. The van der Waals surface area contributed by atoms with E-state index in [0.29, 0.717) is 18.7 Å². The molecule has 1 N–H and O–H groups in total. The summed E-state index contributed by atoms with van der Waals surface area (Å²) in [6.07, 6.45) is 5.07. The fourth-order valence-corrected chi connectivity index (χ4v) is 4.31. The Bertz CT molecular complexity index is 930. The van der Waals surface area contributed by atoms with Gasteiger partial charge in [0.1, 0.15) is 0 Å². The maximum absolute atomic E-state index is 12.6. The van der Waals surface area contributed by atoms with Crippen LogP contribution in [0.1, 0.15) is 13.8 Å². The van der Waals surface area contributed by atoms with E-state index in [2.05, 4.69) is 21.4 Å². The van der Waals surface area contributed by atoms with Crippen molar-refractivity contribution >= 4 is 27.7 Å². The van der Waals surface area contributed by atoms with Crippen molar-refractivity contribution in [3.8, 4) is 23.8 Å². The molecular formula is C17H20N4O4S2. The molecule has 0 saturated carbocycles. The quantitative estimate of drug-likeness (QED) is 0.496. The van der Waals surface area contributed by atoms with E-state index < -0.39 is 10.0 Å². The molecule has 1 heterocycles. The smallest absolute Gasteiger partial charge is 0.277 e. The molecule has 0 aliphatic carbocycles. The van der Waals surface area contributed by atoms with Gasteiger partial charge in [0.2, 0.25) is 21.8 Å². The van der Waals surface area contributed by atoms with Crippen LogP contribution in [-0.2, 0) is 14.8 Å². The number of terminal acetylenes is 1. The first kappa shape index (κ1) is 21.0. The molecule has 0 fully saturated rings. The zero-order chi connectivity index (χ0) is 19.9. The van der Waals surface area contributed by atoms with Gasteiger partial charge in [0.05, 0.1) is 17.2 Å². The number of hydrogen-bond acceptors (Lipinski definition) is 7. The molecule has 8 nitrogen and oxygen atoms in total. The van der Waals surface area contributed by atoms with Crippen LogP contribution in [0.3, 0.4) is 0 Å². The molecular weight excluding hydrogens is 388 g/mol. The van der Waals surface area contributed by atoms with Crippen LogP contribution in [0.2, 0.25) is 0 Å². The topological polar surface area (TPSA) is 105 Å². The second-order valence-corrected chi connectivity index (χ2v) is 8.12. The molecule has 2 aromatic rings. The lowest BCUT2D eigenvalue weighted by atomic mass is 10.2. The molecule has 144 valence electrons. The van der Waals surface area contributed by atoms with Gasteiger partial charge in [0.25, 0.3) is 5.22 Å². The Kier molecular flexibility index (Phi) is 7.41. The molecule has 2 rings (SSSR count). The molecule has 1 aromatic carbocycles. The van der Waals surface area contributed by atoms with Crippen molar-refractivity contribution in [1.82, 2.24) is 19.8 Å². The molecule has 0 unspecified atom stereocenters. The van der Waals surface area contributed by atoms with E-state index in [-0.39, 0.29) is 34.2 Å². The summed E-state index contributed by atoms with van der Waals surface area (Å²) in [4.78, 5) is 11.7. The van der Waals surface area contributed by atoms with Crippen LogP contribution in [0.15, 0.2) is 38.8 Å². The molecule has 27 heavy (non-hydrogen) atoms. The number of carbonyl (C=O) groups is 1. The zero-order valence-corrected chi connectivity index (χ0v) is 16.6. The number of carbonyl (C=O) groups excluding carboxylic acids is 1. The SMILES string of the molecule is C#CCNC(=O)CSc1nnc(-c2cccc(S(=O)(=O)N(CC)CC)c2)o1. The maximum Gasteiger partial charge on any atom is 0.277 e. The van der Waals surface area contributed by atoms with E-state index in [9.17, 15) is 13.2 Å². The molecule has 0 spiro atoms. The number of thioether (sulfide) groups is 1. The molecule has 1 aromatic heterocycles. The normalized spacial score (nSPS) is 11.3. The highest BCUT2D eigenvalue weighted by atomic mass is 32.2. The van der Waals surface area contributed by atoms with E-state index >= 15 is 0 Å². The maximum atomic E-state index is 12.6. The van der Waals surface area contributed by atoms with Gasteiger partial charge < -0.3 is 9.73 Å². The number of aromatic nitrogens is 2. The van der Waals surface area contributed by atoms with Gasteiger partial charge >= 0.3 is 0 Å². The predicted molar refractivity (Wildman–Crippen MR) is 102 cm³/mol. The predicted octanol–water partition coefficient (Wildman–Crippen LogP) is 1.61. The number of hydrogen-bond donors (Lipinski definition) is 1. The van der Waals surface area contributed by atoms with Gasteiger partial charge in [0, 0.05) is 18.7 Å². The Morgan fingerprint density at radius 3 is 2.74 bits per heavy atom. The molecule has 1 amide bonds. The Morgan fingerprint density at radius 2 is 2.07 bits per heavy atom. The second kappa shape index (κ2) is 9.55. The average molecular weight is 409 g/mol. The third-order valence-electron chi connectivity index (χ3n) is 3.54. The summed E-state index contributed by atoms with van der Waals surface area (Å²) in [6, 6.07) is 6.33. The highest BCUT2D eigenvalue weighted by Gasteiger charge is 2.22. The van der Waals surface area contributed by atoms with Crippen LogP contribution in [-0.4, -0.2) is 54.2 Å². The van der Waals surface area contributed by atoms with Crippen molar-refractivity contribution in [2.24, 2.45) is 0 Å². The first-order chi connectivity index (χ1) is 12.9. The van der Waals surface area contributed by atoms with Crippen molar-refractivity contribution in [3.63, 3.8) is 0 Å². The minimum absolute atomic E-state index is 0.0830. The lowest BCUT2D eigenvalue weighted by Gasteiger charge is -2.18. The van der Waals surface area contributed by atoms with E-state index in [4.69, 9.17) is 10.8 Å². The third-order valence-corrected chi connectivity index (χ3v) is 6.41. The second-order valence-electron chi connectivity index (χ2n) is 5.26. The van der Waals surface area contributed by atoms with Gasteiger partial charge in [-0.05, 0) is 18.2 Å². The lowest BCUT2D eigenvalue weighted by Crippen LogP contribution is -2.30. The number of nitrogens with one attached hydrogen (secondary N) is 1. The highest BCUT2D eigenvalue weighted by molar-refractivity contribution is 7.99. The summed E-state index contributed by atoms with van der Waals surface area (Å²) in [5, 5.41) is 10.5. The number of nitrogens with zero attached hydrogens (tertiary/aromatic N) is 3. The number of rotatable bonds is 9. The molecule has 0 radical (unpaired) electrons. The van der Waals surface area contributed by atoms with Gasteiger partial charge in [-0.25, -0.2) is 8.42 Å². The number of sulfonamides is 1. The molecule has 0 aliphatic heterocycles. The van der Waals surface area contributed by atoms with Crippen LogP contribution in [0.25, 0.3) is 11.5 Å². The van der Waals surface area contributed by atoms with Crippen molar-refractivity contribution in [3.05, 3.63) is 24.3 Å². The van der Waals surface area contributed by atoms with Crippen LogP contribution < -0.4 is 5.32 Å². The summed E-state index contributed by atoms with van der Waals surface area (Å²) in [5.41, 5.74) is 0.486. The highest BCUT2D eigenvalue weighted by Crippen LogP contribution is 2.26. The summed E-state index contributed by atoms with van der Waals surface area (Å²) in [6.45, 7) is 4.48. The monoisotopic (exact) mass is 408 g/mol. The minimum Gasteiger partial charge on any atom is -0.411 e. The summed E-state index contributed by atoms with van der Waals surface area (Å²) in [7, 11) is -3.59. The van der Waals surface area contributed by atoms with Crippen molar-refractivity contribution in [2.45, 2.75) is 24.0 Å². The summed E-state index contributed by atoms with van der Waals surface area (Å²) < 4.78 is 32.2. The van der Waals surface area contributed by atoms with Gasteiger partial charge in [-0.3, -0.25) is 4.79 Å². The Hall–Kier alpha value is -2.35. The van der Waals surface area contributed by atoms with Gasteiger partial charge in [-0.1, -0.05) is 37.6 Å². The van der Waals surface area contributed by atoms with E-state index in [1.165, 1.54) is 16.4 Å². The van der Waals surface area contributed by atoms with E-state index in [1.54, 1.807) is 26.0 Å². The average Bonchev–Trinajstić information content (AvgIpc) is 3.14. The van der Waals surface area contributed by atoms with E-state index in [1.807, 2.05) is 0 Å². The summed E-state index contributed by atoms with van der Waals surface area (Å²) in [5.74, 6) is 2.33. The molecule has 10 heteroatoms. The van der Waals surface area contributed by atoms with Crippen LogP contribution in [0.5, 0.6) is 0 Å². The third kappa shape index (κ3) is 5.32. The number of benzene rings is 1. The minimum atomic E-state index is -3.59.